The molecule has 0 bridgehead atoms. The van der Waals surface area contributed by atoms with Crippen molar-refractivity contribution in [3.63, 3.8) is 0 Å². The number of hydrogen-bond donors (Lipinski definition) is 0. The van der Waals surface area contributed by atoms with E-state index in [1.54, 1.807) is 18.2 Å². The van der Waals surface area contributed by atoms with Crippen molar-refractivity contribution in [3.05, 3.63) is 58.3 Å². The fraction of sp³-hybridized carbons (Fsp3) is 0.222. The Morgan fingerprint density at radius 3 is 2.57 bits per heavy atom. The number of halogens is 2. The highest BCUT2D eigenvalue weighted by Gasteiger charge is 2.18. The molecule has 1 aromatic carbocycles. The predicted molar refractivity (Wildman–Crippen MR) is 92.8 cm³/mol. The normalized spacial score (nSPS) is 10.9. The number of rotatable bonds is 7. The second-order valence-electron chi connectivity index (χ2n) is 5.62. The van der Waals surface area contributed by atoms with Crippen molar-refractivity contribution in [2.24, 2.45) is 0 Å². The second kappa shape index (κ2) is 7.99. The molecule has 2 heterocycles. The lowest BCUT2D eigenvalue weighted by atomic mass is 10.1. The monoisotopic (exact) mass is 391 g/mol. The molecule has 146 valence electrons. The molecule has 0 aliphatic carbocycles. The maximum atomic E-state index is 12.6. The molecule has 0 saturated heterocycles. The molecular formula is C18H15F2N3O5. The van der Waals surface area contributed by atoms with Crippen LogP contribution in [0.2, 0.25) is 0 Å². The SMILES string of the molecule is COc1ccc(C(=O)Cn2ccc(-c3nnc(C(F)F)o3)cc2=O)c(OC)c1. The number of carbonyl (C=O) groups is 1. The van der Waals surface area contributed by atoms with Gasteiger partial charge in [0.05, 0.1) is 26.3 Å². The Bertz CT molecular complexity index is 1060. The largest absolute Gasteiger partial charge is 0.497 e. The van der Waals surface area contributed by atoms with E-state index in [9.17, 15) is 18.4 Å². The standard InChI is InChI=1S/C18H15F2N3O5/c1-26-11-3-4-12(14(8-11)27-2)13(24)9-23-6-5-10(7-15(23)25)17-21-22-18(28-17)16(19)20/h3-8,16H,9H2,1-2H3. The van der Waals surface area contributed by atoms with E-state index in [2.05, 4.69) is 10.2 Å². The highest BCUT2D eigenvalue weighted by molar-refractivity contribution is 5.98. The number of carbonyl (C=O) groups excluding carboxylic acids is 1. The van der Waals surface area contributed by atoms with Gasteiger partial charge < -0.3 is 18.5 Å². The molecule has 2 aromatic heterocycles. The van der Waals surface area contributed by atoms with Crippen LogP contribution in [0.4, 0.5) is 8.78 Å². The molecule has 0 fully saturated rings. The number of ketones is 1. The third-order valence-electron chi connectivity index (χ3n) is 3.89. The number of aromatic nitrogens is 3. The van der Waals surface area contributed by atoms with Gasteiger partial charge in [0.15, 0.2) is 5.78 Å². The number of pyridine rings is 1. The highest BCUT2D eigenvalue weighted by Crippen LogP contribution is 2.25. The Labute approximate surface area is 157 Å². The van der Waals surface area contributed by atoms with E-state index in [0.29, 0.717) is 11.5 Å². The van der Waals surface area contributed by atoms with Gasteiger partial charge in [-0.15, -0.1) is 10.2 Å². The van der Waals surface area contributed by atoms with E-state index < -0.39 is 17.9 Å². The van der Waals surface area contributed by atoms with Gasteiger partial charge in [0.2, 0.25) is 5.89 Å². The van der Waals surface area contributed by atoms with Crippen molar-refractivity contribution >= 4 is 5.78 Å². The number of nitrogens with zero attached hydrogens (tertiary/aromatic N) is 3. The Morgan fingerprint density at radius 1 is 1.18 bits per heavy atom. The summed E-state index contributed by atoms with van der Waals surface area (Å²) in [6.07, 6.45) is -1.56. The summed E-state index contributed by atoms with van der Waals surface area (Å²) in [6, 6.07) is 7.26. The van der Waals surface area contributed by atoms with Crippen LogP contribution in [0.15, 0.2) is 45.7 Å². The first-order valence-corrected chi connectivity index (χ1v) is 8.00. The van der Waals surface area contributed by atoms with Gasteiger partial charge >= 0.3 is 6.43 Å². The summed E-state index contributed by atoms with van der Waals surface area (Å²) in [5, 5.41) is 6.70. The first-order chi connectivity index (χ1) is 13.4. The molecule has 0 amide bonds. The fourth-order valence-corrected chi connectivity index (χ4v) is 2.48. The molecule has 0 aliphatic rings. The first-order valence-electron chi connectivity index (χ1n) is 8.00. The molecule has 0 N–H and O–H groups in total. The molecular weight excluding hydrogens is 376 g/mol. The highest BCUT2D eigenvalue weighted by atomic mass is 19.3. The zero-order chi connectivity index (χ0) is 20.3. The summed E-state index contributed by atoms with van der Waals surface area (Å²) >= 11 is 0. The van der Waals surface area contributed by atoms with Gasteiger partial charge in [-0.25, -0.2) is 0 Å². The summed E-state index contributed by atoms with van der Waals surface area (Å²) < 4.78 is 41.3. The Balaban J connectivity index is 1.83. The molecule has 0 spiro atoms. The predicted octanol–water partition coefficient (Wildman–Crippen LogP) is 2.74. The average Bonchev–Trinajstić information content (AvgIpc) is 3.19. The minimum absolute atomic E-state index is 0.176. The third-order valence-corrected chi connectivity index (χ3v) is 3.89. The molecule has 0 aliphatic heterocycles. The lowest BCUT2D eigenvalue weighted by Crippen LogP contribution is -2.23. The summed E-state index contributed by atoms with van der Waals surface area (Å²) in [5.41, 5.74) is -0.0667. The lowest BCUT2D eigenvalue weighted by Gasteiger charge is -2.10. The molecule has 10 heteroatoms. The Hall–Kier alpha value is -3.56. The van der Waals surface area contributed by atoms with Crippen LogP contribution in [0.5, 0.6) is 11.5 Å². The van der Waals surface area contributed by atoms with Crippen molar-refractivity contribution in [1.82, 2.24) is 14.8 Å². The average molecular weight is 391 g/mol. The molecule has 0 unspecified atom stereocenters. The maximum Gasteiger partial charge on any atom is 0.314 e. The van der Waals surface area contributed by atoms with Gasteiger partial charge in [0.1, 0.15) is 11.5 Å². The van der Waals surface area contributed by atoms with Crippen LogP contribution < -0.4 is 15.0 Å². The quantitative estimate of drug-likeness (QED) is 0.571. The van der Waals surface area contributed by atoms with Crippen LogP contribution in [-0.4, -0.2) is 34.8 Å². The Morgan fingerprint density at radius 2 is 1.96 bits per heavy atom. The second-order valence-corrected chi connectivity index (χ2v) is 5.62. The third kappa shape index (κ3) is 3.90. The number of Topliss-reactive ketones (excluding diaryl/α,β-unsaturated/α-hetero) is 1. The number of benzene rings is 1. The minimum atomic E-state index is -2.90. The van der Waals surface area contributed by atoms with Crippen LogP contribution in [0.25, 0.3) is 11.5 Å². The molecule has 0 radical (unpaired) electrons. The molecule has 8 nitrogen and oxygen atoms in total. The van der Waals surface area contributed by atoms with E-state index >= 15 is 0 Å². The molecule has 3 rings (SSSR count). The van der Waals surface area contributed by atoms with Crippen molar-refractivity contribution in [3.8, 4) is 23.0 Å². The van der Waals surface area contributed by atoms with E-state index in [-0.39, 0.29) is 29.3 Å². The van der Waals surface area contributed by atoms with Crippen LogP contribution in [-0.2, 0) is 6.54 Å². The van der Waals surface area contributed by atoms with Crippen molar-refractivity contribution in [1.29, 1.82) is 0 Å². The lowest BCUT2D eigenvalue weighted by molar-refractivity contribution is 0.0967. The van der Waals surface area contributed by atoms with Gasteiger partial charge in [-0.2, -0.15) is 8.78 Å². The van der Waals surface area contributed by atoms with Crippen molar-refractivity contribution in [2.45, 2.75) is 13.0 Å². The van der Waals surface area contributed by atoms with Crippen molar-refractivity contribution < 1.29 is 27.5 Å². The van der Waals surface area contributed by atoms with E-state index in [1.807, 2.05) is 0 Å². The Kier molecular flexibility index (Phi) is 5.48. The summed E-state index contributed by atoms with van der Waals surface area (Å²) in [6.45, 7) is -0.242. The van der Waals surface area contributed by atoms with Gasteiger partial charge in [-0.05, 0) is 18.2 Å². The summed E-state index contributed by atoms with van der Waals surface area (Å²) in [7, 11) is 2.91. The first kappa shape index (κ1) is 19.2. The van der Waals surface area contributed by atoms with Gasteiger partial charge in [0, 0.05) is 23.9 Å². The zero-order valence-corrected chi connectivity index (χ0v) is 14.9. The van der Waals surface area contributed by atoms with E-state index in [0.717, 1.165) is 6.07 Å². The van der Waals surface area contributed by atoms with E-state index in [4.69, 9.17) is 13.9 Å². The molecule has 0 saturated carbocycles. The van der Waals surface area contributed by atoms with Crippen LogP contribution in [0.1, 0.15) is 22.7 Å². The van der Waals surface area contributed by atoms with Crippen LogP contribution >= 0.6 is 0 Å². The minimum Gasteiger partial charge on any atom is -0.497 e. The van der Waals surface area contributed by atoms with Crippen LogP contribution in [0, 0.1) is 0 Å². The van der Waals surface area contributed by atoms with Gasteiger partial charge in [-0.3, -0.25) is 9.59 Å². The molecule has 28 heavy (non-hydrogen) atoms. The zero-order valence-electron chi connectivity index (χ0n) is 14.9. The summed E-state index contributed by atoms with van der Waals surface area (Å²) in [4.78, 5) is 24.9. The number of ether oxygens (including phenoxy) is 2. The number of alkyl halides is 2. The van der Waals surface area contributed by atoms with Gasteiger partial charge in [0.25, 0.3) is 11.4 Å². The van der Waals surface area contributed by atoms with Crippen LogP contribution in [0.3, 0.4) is 0 Å². The smallest absolute Gasteiger partial charge is 0.314 e. The van der Waals surface area contributed by atoms with E-state index in [1.165, 1.54) is 31.0 Å². The number of hydrogen-bond acceptors (Lipinski definition) is 7. The molecule has 0 atom stereocenters. The fourth-order valence-electron chi connectivity index (χ4n) is 2.48. The van der Waals surface area contributed by atoms with Gasteiger partial charge in [-0.1, -0.05) is 0 Å². The molecule has 3 aromatic rings. The topological polar surface area (TPSA) is 96.5 Å². The maximum absolute atomic E-state index is 12.6. The summed E-state index contributed by atoms with van der Waals surface area (Å²) in [5.74, 6) is -0.548. The van der Waals surface area contributed by atoms with Crippen molar-refractivity contribution in [2.75, 3.05) is 14.2 Å². The number of methoxy groups -OCH3 is 2.